The summed E-state index contributed by atoms with van der Waals surface area (Å²) in [7, 11) is 1.86. The van der Waals surface area contributed by atoms with Crippen molar-refractivity contribution in [3.8, 4) is 0 Å². The number of carbonyl (C=O) groups excluding carboxylic acids is 2. The van der Waals surface area contributed by atoms with Gasteiger partial charge in [0.1, 0.15) is 5.82 Å². The van der Waals surface area contributed by atoms with E-state index < -0.39 is 0 Å². The molecule has 4 heterocycles. The lowest BCUT2D eigenvalue weighted by molar-refractivity contribution is -0.138. The van der Waals surface area contributed by atoms with Gasteiger partial charge in [0, 0.05) is 38.5 Å². The van der Waals surface area contributed by atoms with E-state index in [9.17, 15) is 9.59 Å². The van der Waals surface area contributed by atoms with E-state index in [4.69, 9.17) is 5.10 Å². The Hall–Kier alpha value is -2.71. The first-order chi connectivity index (χ1) is 13.2. The molecule has 2 fully saturated rings. The molecule has 4 rings (SSSR count). The predicted octanol–water partition coefficient (Wildman–Crippen LogP) is 0.595. The number of hydrogen-bond acceptors (Lipinski definition) is 6. The van der Waals surface area contributed by atoms with Crippen molar-refractivity contribution in [2.45, 2.75) is 45.1 Å². The summed E-state index contributed by atoms with van der Waals surface area (Å²) in [5.74, 6) is 1.72. The van der Waals surface area contributed by atoms with Gasteiger partial charge in [-0.3, -0.25) is 9.59 Å². The third kappa shape index (κ3) is 3.29. The summed E-state index contributed by atoms with van der Waals surface area (Å²) in [6.45, 7) is 8.20. The van der Waals surface area contributed by atoms with Crippen LogP contribution in [0.25, 0.3) is 5.65 Å². The fourth-order valence-corrected chi connectivity index (χ4v) is 3.71. The predicted molar refractivity (Wildman–Crippen MR) is 104 cm³/mol. The zero-order valence-electron chi connectivity index (χ0n) is 16.8. The highest BCUT2D eigenvalue weighted by Gasteiger charge is 2.37. The Kier molecular flexibility index (Phi) is 4.47. The molecule has 1 N–H and O–H groups in total. The van der Waals surface area contributed by atoms with Gasteiger partial charge in [-0.25, -0.2) is 0 Å². The fourth-order valence-electron chi connectivity index (χ4n) is 3.71. The molecule has 0 saturated carbocycles. The normalized spacial score (nSPS) is 20.8. The van der Waals surface area contributed by atoms with Gasteiger partial charge in [0.2, 0.25) is 11.8 Å². The molecule has 0 aromatic carbocycles. The lowest BCUT2D eigenvalue weighted by Crippen LogP contribution is -2.61. The zero-order chi connectivity index (χ0) is 20.1. The van der Waals surface area contributed by atoms with Gasteiger partial charge in [-0.2, -0.15) is 4.52 Å². The van der Waals surface area contributed by atoms with Crippen LogP contribution < -0.4 is 10.2 Å². The Bertz CT molecular complexity index is 901. The molecule has 9 nitrogen and oxygen atoms in total. The average molecular weight is 385 g/mol. The second-order valence-electron chi connectivity index (χ2n) is 8.78. The number of nitrogens with one attached hydrogen (secondary N) is 1. The Labute approximate surface area is 164 Å². The topological polar surface area (TPSA) is 95.7 Å². The van der Waals surface area contributed by atoms with Gasteiger partial charge in [-0.05, 0) is 18.6 Å². The number of nitrogens with zero attached hydrogens (tertiary/aromatic N) is 6. The van der Waals surface area contributed by atoms with E-state index in [1.807, 2.05) is 28.6 Å². The number of anilines is 1. The van der Waals surface area contributed by atoms with Crippen LogP contribution in [-0.4, -0.2) is 69.2 Å². The summed E-state index contributed by atoms with van der Waals surface area (Å²) in [6.07, 6.45) is 1.06. The molecule has 150 valence electrons. The van der Waals surface area contributed by atoms with Gasteiger partial charge in [0.05, 0.1) is 12.0 Å². The van der Waals surface area contributed by atoms with Crippen LogP contribution in [0.15, 0.2) is 12.1 Å². The molecule has 0 radical (unpaired) electrons. The number of aromatic nitrogens is 4. The smallest absolute Gasteiger partial charge is 0.227 e. The summed E-state index contributed by atoms with van der Waals surface area (Å²) >= 11 is 0. The highest BCUT2D eigenvalue weighted by atomic mass is 16.2. The number of piperidine rings is 1. The van der Waals surface area contributed by atoms with Crippen molar-refractivity contribution in [2.24, 2.45) is 5.92 Å². The number of fused-ring (bicyclic) bond motifs is 1. The van der Waals surface area contributed by atoms with Crippen molar-refractivity contribution in [1.82, 2.24) is 30.0 Å². The van der Waals surface area contributed by atoms with Crippen LogP contribution in [0.5, 0.6) is 0 Å². The van der Waals surface area contributed by atoms with Crippen LogP contribution in [0, 0.1) is 5.92 Å². The lowest BCUT2D eigenvalue weighted by atomic mass is 9.96. The molecule has 0 bridgehead atoms. The first-order valence-electron chi connectivity index (χ1n) is 9.75. The fraction of sp³-hybridized carbons (Fsp3) is 0.632. The number of likely N-dealkylation sites (N-methyl/N-ethyl adjacent to an activating group) is 1. The minimum atomic E-state index is -0.148. The Morgan fingerprint density at radius 1 is 1.25 bits per heavy atom. The monoisotopic (exact) mass is 385 g/mol. The minimum Gasteiger partial charge on any atom is -0.355 e. The van der Waals surface area contributed by atoms with E-state index in [0.29, 0.717) is 19.4 Å². The van der Waals surface area contributed by atoms with Crippen LogP contribution in [-0.2, 0) is 15.0 Å². The van der Waals surface area contributed by atoms with Gasteiger partial charge in [0.15, 0.2) is 11.5 Å². The van der Waals surface area contributed by atoms with Crippen LogP contribution in [0.2, 0.25) is 0 Å². The molecule has 0 spiro atoms. The SMILES string of the molecule is CN(C(=O)C1CCC(=O)NC1)C1CN(c2ccc3nnc(C(C)(C)C)n3n2)C1. The standard InChI is InChI=1S/C19H27N7O2/c1-19(2,3)18-22-21-14-6-7-15(23-26(14)18)25-10-13(11-25)24(4)17(28)12-5-8-16(27)20-9-12/h6-7,12-13H,5,8-11H2,1-4H3,(H,20,27). The molecular weight excluding hydrogens is 358 g/mol. The van der Waals surface area contributed by atoms with Crippen LogP contribution in [0.1, 0.15) is 39.4 Å². The van der Waals surface area contributed by atoms with E-state index in [-0.39, 0.29) is 29.2 Å². The number of hydrogen-bond donors (Lipinski definition) is 1. The van der Waals surface area contributed by atoms with E-state index >= 15 is 0 Å². The molecule has 2 aliphatic rings. The molecule has 1 unspecified atom stereocenters. The molecule has 9 heteroatoms. The summed E-state index contributed by atoms with van der Waals surface area (Å²) in [5.41, 5.74) is 0.585. The first kappa shape index (κ1) is 18.6. The van der Waals surface area contributed by atoms with E-state index in [0.717, 1.165) is 30.4 Å². The maximum absolute atomic E-state index is 12.7. The van der Waals surface area contributed by atoms with Crippen molar-refractivity contribution >= 4 is 23.3 Å². The van der Waals surface area contributed by atoms with E-state index in [2.05, 4.69) is 41.2 Å². The molecular formula is C19H27N7O2. The largest absolute Gasteiger partial charge is 0.355 e. The number of rotatable bonds is 3. The van der Waals surface area contributed by atoms with Crippen LogP contribution in [0.3, 0.4) is 0 Å². The highest BCUT2D eigenvalue weighted by molar-refractivity contribution is 5.84. The summed E-state index contributed by atoms with van der Waals surface area (Å²) in [6, 6.07) is 4.04. The van der Waals surface area contributed by atoms with Gasteiger partial charge in [-0.1, -0.05) is 20.8 Å². The van der Waals surface area contributed by atoms with Crippen molar-refractivity contribution in [3.63, 3.8) is 0 Å². The average Bonchev–Trinajstić information content (AvgIpc) is 3.04. The molecule has 2 aliphatic heterocycles. The zero-order valence-corrected chi connectivity index (χ0v) is 16.8. The number of amides is 2. The van der Waals surface area contributed by atoms with Crippen LogP contribution in [0.4, 0.5) is 5.82 Å². The molecule has 28 heavy (non-hydrogen) atoms. The van der Waals surface area contributed by atoms with Crippen LogP contribution >= 0.6 is 0 Å². The second-order valence-corrected chi connectivity index (χ2v) is 8.78. The van der Waals surface area contributed by atoms with Crippen molar-refractivity contribution in [2.75, 3.05) is 31.6 Å². The summed E-state index contributed by atoms with van der Waals surface area (Å²) < 4.78 is 1.81. The van der Waals surface area contributed by atoms with Gasteiger partial charge < -0.3 is 15.1 Å². The maximum atomic E-state index is 12.7. The molecule has 1 atom stereocenters. The number of carbonyl (C=O) groups is 2. The Balaban J connectivity index is 1.42. The molecule has 2 aromatic heterocycles. The maximum Gasteiger partial charge on any atom is 0.227 e. The molecule has 2 amide bonds. The Morgan fingerprint density at radius 2 is 2.00 bits per heavy atom. The second kappa shape index (κ2) is 6.72. The Morgan fingerprint density at radius 3 is 2.64 bits per heavy atom. The van der Waals surface area contributed by atoms with E-state index in [1.54, 1.807) is 0 Å². The molecule has 2 saturated heterocycles. The highest BCUT2D eigenvalue weighted by Crippen LogP contribution is 2.25. The van der Waals surface area contributed by atoms with Gasteiger partial charge in [0.25, 0.3) is 0 Å². The minimum absolute atomic E-state index is 0.0339. The molecule has 0 aliphatic carbocycles. The van der Waals surface area contributed by atoms with Crippen molar-refractivity contribution < 1.29 is 9.59 Å². The summed E-state index contributed by atoms with van der Waals surface area (Å²) in [5, 5.41) is 16.0. The van der Waals surface area contributed by atoms with Crippen molar-refractivity contribution in [1.29, 1.82) is 0 Å². The summed E-state index contributed by atoms with van der Waals surface area (Å²) in [4.78, 5) is 28.0. The third-order valence-electron chi connectivity index (χ3n) is 5.62. The molecule has 2 aromatic rings. The third-order valence-corrected chi connectivity index (χ3v) is 5.62. The van der Waals surface area contributed by atoms with Crippen molar-refractivity contribution in [3.05, 3.63) is 18.0 Å². The van der Waals surface area contributed by atoms with E-state index in [1.165, 1.54) is 0 Å². The lowest BCUT2D eigenvalue weighted by Gasteiger charge is -2.45. The quantitative estimate of drug-likeness (QED) is 0.831. The first-order valence-corrected chi connectivity index (χ1v) is 9.75. The van der Waals surface area contributed by atoms with Gasteiger partial charge in [-0.15, -0.1) is 15.3 Å². The van der Waals surface area contributed by atoms with Gasteiger partial charge >= 0.3 is 0 Å².